The minimum atomic E-state index is -0.421. The van der Waals surface area contributed by atoms with Crippen molar-refractivity contribution in [2.75, 3.05) is 25.0 Å². The Morgan fingerprint density at radius 2 is 2.22 bits per heavy atom. The van der Waals surface area contributed by atoms with Crippen LogP contribution in [0.5, 0.6) is 0 Å². The number of aliphatic hydroxyl groups is 1. The van der Waals surface area contributed by atoms with E-state index < -0.39 is 5.82 Å². The molecule has 8 heteroatoms. The van der Waals surface area contributed by atoms with Gasteiger partial charge in [-0.15, -0.1) is 0 Å². The van der Waals surface area contributed by atoms with Crippen molar-refractivity contribution in [2.24, 2.45) is 5.92 Å². The van der Waals surface area contributed by atoms with Crippen LogP contribution in [0, 0.1) is 11.7 Å². The SMILES string of the molecule is O=C(Nc1cc(-c2ccccc2F)on1)N1C[C@@H](CO)[C@H](c2ccsc2)C1. The Balaban J connectivity index is 1.45. The Hall–Kier alpha value is -2.71. The highest BCUT2D eigenvalue weighted by atomic mass is 32.1. The number of halogens is 1. The second kappa shape index (κ2) is 7.50. The van der Waals surface area contributed by atoms with Crippen molar-refractivity contribution in [1.29, 1.82) is 0 Å². The van der Waals surface area contributed by atoms with Crippen molar-refractivity contribution >= 4 is 23.2 Å². The molecular weight excluding hydrogens is 369 g/mol. The normalized spacial score (nSPS) is 19.4. The van der Waals surface area contributed by atoms with Crippen LogP contribution in [-0.4, -0.2) is 40.9 Å². The number of thiophene rings is 1. The zero-order valence-corrected chi connectivity index (χ0v) is 15.2. The third-order valence-electron chi connectivity index (χ3n) is 4.82. The molecule has 0 saturated carbocycles. The molecule has 3 aromatic rings. The lowest BCUT2D eigenvalue weighted by Crippen LogP contribution is -2.33. The van der Waals surface area contributed by atoms with Gasteiger partial charge in [0, 0.05) is 37.6 Å². The predicted octanol–water partition coefficient (Wildman–Crippen LogP) is 3.78. The van der Waals surface area contributed by atoms with Crippen LogP contribution in [0.3, 0.4) is 0 Å². The average Bonchev–Trinajstić information content (AvgIpc) is 3.42. The summed E-state index contributed by atoms with van der Waals surface area (Å²) in [4.78, 5) is 14.2. The van der Waals surface area contributed by atoms with Gasteiger partial charge in [0.15, 0.2) is 11.6 Å². The number of urea groups is 1. The standard InChI is InChI=1S/C19H18FN3O3S/c20-16-4-2-1-3-14(16)17-7-18(22-26-17)21-19(25)23-8-13(10-24)15(9-23)12-5-6-27-11-12/h1-7,11,13,15,24H,8-10H2,(H,21,22,25)/t13-,15-/m0/s1. The molecule has 1 fully saturated rings. The van der Waals surface area contributed by atoms with Crippen molar-refractivity contribution < 1.29 is 18.8 Å². The molecule has 2 aromatic heterocycles. The summed E-state index contributed by atoms with van der Waals surface area (Å²) in [6, 6.07) is 9.40. The molecule has 4 rings (SSSR count). The molecule has 2 amide bonds. The second-order valence-corrected chi connectivity index (χ2v) is 7.28. The summed E-state index contributed by atoms with van der Waals surface area (Å²) in [5.41, 5.74) is 1.42. The Morgan fingerprint density at radius 3 is 2.96 bits per heavy atom. The molecule has 2 atom stereocenters. The molecule has 1 aliphatic heterocycles. The van der Waals surface area contributed by atoms with Gasteiger partial charge in [-0.2, -0.15) is 11.3 Å². The van der Waals surface area contributed by atoms with Crippen LogP contribution in [0.15, 0.2) is 51.7 Å². The molecular formula is C19H18FN3O3S. The van der Waals surface area contributed by atoms with Gasteiger partial charge in [-0.3, -0.25) is 5.32 Å². The Bertz CT molecular complexity index is 928. The summed E-state index contributed by atoms with van der Waals surface area (Å²) in [5, 5.41) is 20.2. The third-order valence-corrected chi connectivity index (χ3v) is 5.52. The largest absolute Gasteiger partial charge is 0.396 e. The van der Waals surface area contributed by atoms with E-state index in [0.29, 0.717) is 13.1 Å². The van der Waals surface area contributed by atoms with Crippen molar-refractivity contribution in [3.63, 3.8) is 0 Å². The molecule has 3 heterocycles. The van der Waals surface area contributed by atoms with Crippen molar-refractivity contribution in [2.45, 2.75) is 5.92 Å². The zero-order chi connectivity index (χ0) is 18.8. The molecule has 2 N–H and O–H groups in total. The highest BCUT2D eigenvalue weighted by molar-refractivity contribution is 7.08. The first-order valence-electron chi connectivity index (χ1n) is 8.56. The van der Waals surface area contributed by atoms with E-state index in [-0.39, 0.29) is 41.6 Å². The summed E-state index contributed by atoms with van der Waals surface area (Å²) in [5.74, 6) is 0.150. The average molecular weight is 387 g/mol. The fraction of sp³-hybridized carbons (Fsp3) is 0.263. The van der Waals surface area contributed by atoms with Crippen molar-refractivity contribution in [3.8, 4) is 11.3 Å². The molecule has 1 aliphatic rings. The van der Waals surface area contributed by atoms with E-state index in [9.17, 15) is 14.3 Å². The van der Waals surface area contributed by atoms with Crippen LogP contribution in [0.25, 0.3) is 11.3 Å². The minimum Gasteiger partial charge on any atom is -0.396 e. The molecule has 0 spiro atoms. The molecule has 140 valence electrons. The number of hydrogen-bond donors (Lipinski definition) is 2. The van der Waals surface area contributed by atoms with E-state index in [2.05, 4.69) is 10.5 Å². The number of rotatable bonds is 4. The lowest BCUT2D eigenvalue weighted by Gasteiger charge is -2.15. The van der Waals surface area contributed by atoms with E-state index in [0.717, 1.165) is 5.56 Å². The van der Waals surface area contributed by atoms with Gasteiger partial charge in [0.1, 0.15) is 5.82 Å². The maximum atomic E-state index is 13.8. The molecule has 27 heavy (non-hydrogen) atoms. The Labute approximate surface area is 159 Å². The first-order chi connectivity index (χ1) is 13.2. The molecule has 0 aliphatic carbocycles. The maximum absolute atomic E-state index is 13.8. The topological polar surface area (TPSA) is 78.6 Å². The van der Waals surface area contributed by atoms with Gasteiger partial charge >= 0.3 is 6.03 Å². The van der Waals surface area contributed by atoms with Gasteiger partial charge < -0.3 is 14.5 Å². The number of aliphatic hydroxyl groups excluding tert-OH is 1. The van der Waals surface area contributed by atoms with Crippen molar-refractivity contribution in [1.82, 2.24) is 10.1 Å². The molecule has 0 unspecified atom stereocenters. The molecule has 0 radical (unpaired) electrons. The number of likely N-dealkylation sites (tertiary alicyclic amines) is 1. The number of nitrogens with one attached hydrogen (secondary N) is 1. The number of amides is 2. The molecule has 6 nitrogen and oxygen atoms in total. The van der Waals surface area contributed by atoms with Crippen LogP contribution in [0.2, 0.25) is 0 Å². The van der Waals surface area contributed by atoms with Crippen molar-refractivity contribution in [3.05, 3.63) is 58.5 Å². The van der Waals surface area contributed by atoms with E-state index in [1.165, 1.54) is 12.1 Å². The summed E-state index contributed by atoms with van der Waals surface area (Å²) in [6.45, 7) is 0.998. The number of aromatic nitrogens is 1. The number of carbonyl (C=O) groups is 1. The van der Waals surface area contributed by atoms with Crippen LogP contribution in [-0.2, 0) is 0 Å². The highest BCUT2D eigenvalue weighted by Gasteiger charge is 2.36. The predicted molar refractivity (Wildman–Crippen MR) is 100 cm³/mol. The van der Waals surface area contributed by atoms with Gasteiger partial charge in [0.05, 0.1) is 5.56 Å². The number of anilines is 1. The van der Waals surface area contributed by atoms with E-state index in [4.69, 9.17) is 4.52 Å². The van der Waals surface area contributed by atoms with Crippen LogP contribution in [0.1, 0.15) is 11.5 Å². The van der Waals surface area contributed by atoms with Crippen LogP contribution < -0.4 is 5.32 Å². The summed E-state index contributed by atoms with van der Waals surface area (Å²) in [7, 11) is 0. The molecule has 1 saturated heterocycles. The van der Waals surface area contributed by atoms with E-state index in [1.807, 2.05) is 16.8 Å². The van der Waals surface area contributed by atoms with Crippen LogP contribution >= 0.6 is 11.3 Å². The molecule has 0 bridgehead atoms. The summed E-state index contributed by atoms with van der Waals surface area (Å²) >= 11 is 1.60. The van der Waals surface area contributed by atoms with Gasteiger partial charge in [-0.25, -0.2) is 9.18 Å². The summed E-state index contributed by atoms with van der Waals surface area (Å²) < 4.78 is 19.0. The van der Waals surface area contributed by atoms with Gasteiger partial charge in [0.2, 0.25) is 0 Å². The first-order valence-corrected chi connectivity index (χ1v) is 9.50. The number of nitrogens with zero attached hydrogens (tertiary/aromatic N) is 2. The fourth-order valence-electron chi connectivity index (χ4n) is 3.40. The van der Waals surface area contributed by atoms with E-state index in [1.54, 1.807) is 34.4 Å². The second-order valence-electron chi connectivity index (χ2n) is 6.50. The smallest absolute Gasteiger partial charge is 0.323 e. The summed E-state index contributed by atoms with van der Waals surface area (Å²) in [6.07, 6.45) is 0. The number of carbonyl (C=O) groups excluding carboxylic acids is 1. The monoisotopic (exact) mass is 387 g/mol. The third kappa shape index (κ3) is 3.58. The lowest BCUT2D eigenvalue weighted by atomic mass is 9.92. The van der Waals surface area contributed by atoms with Gasteiger partial charge in [-0.05, 0) is 34.5 Å². The molecule has 1 aromatic carbocycles. The Morgan fingerprint density at radius 1 is 1.37 bits per heavy atom. The van der Waals surface area contributed by atoms with Gasteiger partial charge in [0.25, 0.3) is 0 Å². The minimum absolute atomic E-state index is 0.00312. The van der Waals surface area contributed by atoms with Crippen LogP contribution in [0.4, 0.5) is 15.0 Å². The quantitative estimate of drug-likeness (QED) is 0.714. The lowest BCUT2D eigenvalue weighted by molar-refractivity contribution is 0.206. The maximum Gasteiger partial charge on any atom is 0.323 e. The van der Waals surface area contributed by atoms with E-state index >= 15 is 0 Å². The highest BCUT2D eigenvalue weighted by Crippen LogP contribution is 2.34. The number of hydrogen-bond acceptors (Lipinski definition) is 5. The number of benzene rings is 1. The zero-order valence-electron chi connectivity index (χ0n) is 14.3. The first kappa shape index (κ1) is 17.7. The fourth-order valence-corrected chi connectivity index (χ4v) is 4.12. The van der Waals surface area contributed by atoms with Gasteiger partial charge in [-0.1, -0.05) is 17.3 Å². The Kier molecular flexibility index (Phi) is 4.91.